The molecule has 4 N–H and O–H groups in total. The second kappa shape index (κ2) is 14.8. The average Bonchev–Trinajstić information content (AvgIpc) is 3.45. The van der Waals surface area contributed by atoms with Gasteiger partial charge in [-0.25, -0.2) is 0 Å². The minimum atomic E-state index is -1.03. The van der Waals surface area contributed by atoms with Crippen LogP contribution in [0.2, 0.25) is 0 Å². The number of hydrogen-bond donors (Lipinski definition) is 4. The van der Waals surface area contributed by atoms with E-state index in [9.17, 15) is 14.4 Å². The molecule has 1 heterocycles. The molecule has 2 aliphatic rings. The maximum absolute atomic E-state index is 13.9. The van der Waals surface area contributed by atoms with E-state index in [-0.39, 0.29) is 23.6 Å². The molecule has 1 spiro atoms. The molecule has 0 bridgehead atoms. The zero-order valence-electron chi connectivity index (χ0n) is 24.3. The molecule has 220 valence electrons. The monoisotopic (exact) mass is 560 g/mol. The zero-order chi connectivity index (χ0) is 29.1. The smallest absolute Gasteiger partial charge is 0.246 e. The van der Waals surface area contributed by atoms with Crippen LogP contribution in [-0.2, 0) is 20.8 Å². The molecule has 0 radical (unpaired) electrons. The van der Waals surface area contributed by atoms with Gasteiger partial charge < -0.3 is 26.0 Å². The zero-order valence-corrected chi connectivity index (χ0v) is 24.3. The summed E-state index contributed by atoms with van der Waals surface area (Å²) < 4.78 is 6.05. The number of benzene rings is 2. The number of ether oxygens (including phenoxy) is 1. The van der Waals surface area contributed by atoms with Gasteiger partial charge in [0, 0.05) is 18.7 Å². The fraction of sp³-hybridized carbons (Fsp3) is 0.485. The number of aryl methyl sites for hydroxylation is 1. The third kappa shape index (κ3) is 8.67. The van der Waals surface area contributed by atoms with E-state index >= 15 is 0 Å². The molecule has 4 rings (SSSR count). The molecule has 0 unspecified atom stereocenters. The van der Waals surface area contributed by atoms with Gasteiger partial charge >= 0.3 is 0 Å². The summed E-state index contributed by atoms with van der Waals surface area (Å²) >= 11 is 0. The second-order valence-corrected chi connectivity index (χ2v) is 11.5. The quantitative estimate of drug-likeness (QED) is 0.446. The van der Waals surface area contributed by atoms with Crippen molar-refractivity contribution in [2.24, 2.45) is 5.92 Å². The van der Waals surface area contributed by atoms with Crippen LogP contribution >= 0.6 is 0 Å². The summed E-state index contributed by atoms with van der Waals surface area (Å²) in [7, 11) is 0. The second-order valence-electron chi connectivity index (χ2n) is 11.5. The summed E-state index contributed by atoms with van der Waals surface area (Å²) in [5, 5.41) is 12.5. The molecule has 1 saturated carbocycles. The van der Waals surface area contributed by atoms with Crippen LogP contribution in [0.3, 0.4) is 0 Å². The highest BCUT2D eigenvalue weighted by Gasteiger charge is 2.44. The van der Waals surface area contributed by atoms with Gasteiger partial charge in [0.1, 0.15) is 23.9 Å². The number of fused-ring (bicyclic) bond motifs is 1. The lowest BCUT2D eigenvalue weighted by Crippen LogP contribution is -2.63. The summed E-state index contributed by atoms with van der Waals surface area (Å²) in [5.74, 6) is 0.297. The van der Waals surface area contributed by atoms with Gasteiger partial charge in [-0.3, -0.25) is 14.4 Å². The molecular weight excluding hydrogens is 516 g/mol. The van der Waals surface area contributed by atoms with Gasteiger partial charge in [-0.05, 0) is 49.7 Å². The van der Waals surface area contributed by atoms with E-state index in [0.29, 0.717) is 51.8 Å². The molecule has 0 aromatic heterocycles. The van der Waals surface area contributed by atoms with Crippen molar-refractivity contribution < 1.29 is 19.1 Å². The van der Waals surface area contributed by atoms with Crippen molar-refractivity contribution in [2.45, 2.75) is 76.4 Å². The number of carbonyl (C=O) groups excluding carboxylic acids is 3. The Bertz CT molecular complexity index is 1190. The van der Waals surface area contributed by atoms with Crippen molar-refractivity contribution in [1.82, 2.24) is 21.3 Å². The van der Waals surface area contributed by atoms with Gasteiger partial charge in [-0.15, -0.1) is 0 Å². The lowest BCUT2D eigenvalue weighted by molar-refractivity contribution is -0.136. The van der Waals surface area contributed by atoms with Crippen molar-refractivity contribution in [1.29, 1.82) is 0 Å². The minimum absolute atomic E-state index is 0.189. The first-order valence-corrected chi connectivity index (χ1v) is 14.9. The minimum Gasteiger partial charge on any atom is -0.492 e. The van der Waals surface area contributed by atoms with Crippen LogP contribution in [0.15, 0.2) is 60.7 Å². The standard InChI is InChI=1S/C33H44N4O4/c1-24(2)23-28-31(39)37-33(18-8-9-19-33)32(40)36-27(17-16-25-11-4-3-5-12-25)30(38)35-20-10-14-26-13-6-7-15-29(26)41-22-21-34-28/h3-7,10-15,24,27-28,34H,8-9,16-23H2,1-2H3,(H,35,38)(H,36,40)(H,37,39)/b14-10-/t27-,28-/m0/s1. The predicted molar refractivity (Wildman–Crippen MR) is 161 cm³/mol. The average molecular weight is 561 g/mol. The highest BCUT2D eigenvalue weighted by molar-refractivity contribution is 5.96. The molecule has 3 amide bonds. The van der Waals surface area contributed by atoms with Gasteiger partial charge in [-0.2, -0.15) is 0 Å². The van der Waals surface area contributed by atoms with E-state index in [1.807, 2.05) is 66.7 Å². The third-order valence-corrected chi connectivity index (χ3v) is 7.83. The van der Waals surface area contributed by atoms with E-state index in [1.165, 1.54) is 0 Å². The normalized spacial score (nSPS) is 23.0. The van der Waals surface area contributed by atoms with E-state index in [1.54, 1.807) is 0 Å². The third-order valence-electron chi connectivity index (χ3n) is 7.83. The van der Waals surface area contributed by atoms with Gasteiger partial charge in [-0.1, -0.05) is 87.4 Å². The van der Waals surface area contributed by atoms with Crippen LogP contribution in [0, 0.1) is 5.92 Å². The molecule has 8 heteroatoms. The first kappa shape index (κ1) is 30.3. The highest BCUT2D eigenvalue weighted by atomic mass is 16.5. The van der Waals surface area contributed by atoms with Gasteiger partial charge in [0.25, 0.3) is 0 Å². The summed E-state index contributed by atoms with van der Waals surface area (Å²) in [6, 6.07) is 16.5. The lowest BCUT2D eigenvalue weighted by atomic mass is 9.93. The van der Waals surface area contributed by atoms with E-state index in [4.69, 9.17) is 4.74 Å². The molecule has 41 heavy (non-hydrogen) atoms. The van der Waals surface area contributed by atoms with Crippen molar-refractivity contribution in [3.05, 3.63) is 71.8 Å². The Morgan fingerprint density at radius 1 is 0.927 bits per heavy atom. The first-order valence-electron chi connectivity index (χ1n) is 14.9. The Balaban J connectivity index is 1.59. The lowest BCUT2D eigenvalue weighted by Gasteiger charge is -2.33. The SMILES string of the molecule is CC(C)C[C@@H]1NCCOc2ccccc2/C=C\CNC(=O)[C@H](CCc2ccccc2)NC(=O)C2(CCCC2)NC1=O. The first-order chi connectivity index (χ1) is 19.9. The number of rotatable bonds is 5. The molecule has 1 fully saturated rings. The number of amides is 3. The molecule has 1 aliphatic carbocycles. The molecule has 0 saturated heterocycles. The molecular formula is C33H44N4O4. The molecule has 1 aliphatic heterocycles. The molecule has 8 nitrogen and oxygen atoms in total. The Hall–Kier alpha value is -3.65. The predicted octanol–water partition coefficient (Wildman–Crippen LogP) is 3.76. The Labute approximate surface area is 243 Å². The van der Waals surface area contributed by atoms with Crippen molar-refractivity contribution in [3.8, 4) is 5.75 Å². The number of para-hydroxylation sites is 1. The molecule has 2 atom stereocenters. The number of hydrogen-bond acceptors (Lipinski definition) is 5. The van der Waals surface area contributed by atoms with Crippen LogP contribution in [0.5, 0.6) is 5.75 Å². The van der Waals surface area contributed by atoms with E-state index in [2.05, 4.69) is 35.1 Å². The Morgan fingerprint density at radius 2 is 1.66 bits per heavy atom. The van der Waals surface area contributed by atoms with Crippen molar-refractivity contribution >= 4 is 23.8 Å². The van der Waals surface area contributed by atoms with Gasteiger partial charge in [0.2, 0.25) is 17.7 Å². The van der Waals surface area contributed by atoms with Crippen LogP contribution in [0.1, 0.15) is 63.5 Å². The highest BCUT2D eigenvalue weighted by Crippen LogP contribution is 2.31. The fourth-order valence-corrected chi connectivity index (χ4v) is 5.60. The van der Waals surface area contributed by atoms with Crippen LogP contribution in [0.4, 0.5) is 0 Å². The largest absolute Gasteiger partial charge is 0.492 e. The maximum Gasteiger partial charge on any atom is 0.246 e. The van der Waals surface area contributed by atoms with Gasteiger partial charge in [0.05, 0.1) is 6.04 Å². The fourth-order valence-electron chi connectivity index (χ4n) is 5.60. The van der Waals surface area contributed by atoms with Crippen molar-refractivity contribution in [3.63, 3.8) is 0 Å². The van der Waals surface area contributed by atoms with Crippen LogP contribution < -0.4 is 26.0 Å². The summed E-state index contributed by atoms with van der Waals surface area (Å²) in [4.78, 5) is 40.9. The van der Waals surface area contributed by atoms with Gasteiger partial charge in [0.15, 0.2) is 0 Å². The van der Waals surface area contributed by atoms with Crippen LogP contribution in [0.25, 0.3) is 6.08 Å². The maximum atomic E-state index is 13.9. The van der Waals surface area contributed by atoms with Crippen LogP contribution in [-0.4, -0.2) is 55.0 Å². The molecule has 2 aromatic rings. The number of nitrogens with one attached hydrogen (secondary N) is 4. The topological polar surface area (TPSA) is 109 Å². The van der Waals surface area contributed by atoms with E-state index < -0.39 is 17.6 Å². The Kier molecular flexibility index (Phi) is 11.0. The summed E-state index contributed by atoms with van der Waals surface area (Å²) in [6.45, 7) is 5.34. The van der Waals surface area contributed by atoms with Crippen molar-refractivity contribution in [2.75, 3.05) is 19.7 Å². The summed E-state index contributed by atoms with van der Waals surface area (Å²) in [5.41, 5.74) is 0.966. The Morgan fingerprint density at radius 3 is 2.41 bits per heavy atom. The van der Waals surface area contributed by atoms with E-state index in [0.717, 1.165) is 29.7 Å². The summed E-state index contributed by atoms with van der Waals surface area (Å²) in [6.07, 6.45) is 8.31. The number of carbonyl (C=O) groups is 3. The molecule has 2 aromatic carbocycles.